The molecule has 1 aliphatic carbocycles. The van der Waals surface area contributed by atoms with E-state index in [0.717, 1.165) is 23.7 Å². The van der Waals surface area contributed by atoms with Crippen LogP contribution < -0.4 is 10.9 Å². The number of carbonyl (C=O) groups is 1. The summed E-state index contributed by atoms with van der Waals surface area (Å²) >= 11 is 0. The van der Waals surface area contributed by atoms with Crippen LogP contribution in [-0.2, 0) is 16.6 Å². The number of aromatic nitrogens is 1. The zero-order valence-electron chi connectivity index (χ0n) is 14.6. The molecule has 0 saturated heterocycles. The van der Waals surface area contributed by atoms with Gasteiger partial charge in [-0.15, -0.1) is 0 Å². The molecule has 1 heterocycles. The van der Waals surface area contributed by atoms with Crippen molar-refractivity contribution in [1.82, 2.24) is 10.3 Å². The first-order valence-electron chi connectivity index (χ1n) is 9.09. The highest BCUT2D eigenvalue weighted by molar-refractivity contribution is 5.82. The smallest absolute Gasteiger partial charge is 0.252 e. The maximum atomic E-state index is 12.5. The zero-order chi connectivity index (χ0) is 18.0. The Kier molecular flexibility index (Phi) is 4.33. The molecule has 2 N–H and O–H groups in total. The van der Waals surface area contributed by atoms with Crippen molar-refractivity contribution in [2.24, 2.45) is 0 Å². The number of para-hydroxylation sites is 1. The van der Waals surface area contributed by atoms with Gasteiger partial charge in [-0.05, 0) is 35.9 Å². The van der Waals surface area contributed by atoms with E-state index < -0.39 is 0 Å². The molecule has 1 saturated carbocycles. The summed E-state index contributed by atoms with van der Waals surface area (Å²) in [7, 11) is 0. The highest BCUT2D eigenvalue weighted by atomic mass is 16.2. The number of hydrogen-bond acceptors (Lipinski definition) is 2. The summed E-state index contributed by atoms with van der Waals surface area (Å²) in [6, 6.07) is 19.8. The Morgan fingerprint density at radius 1 is 1.04 bits per heavy atom. The van der Waals surface area contributed by atoms with E-state index in [1.807, 2.05) is 48.5 Å². The fourth-order valence-electron chi connectivity index (χ4n) is 3.79. The summed E-state index contributed by atoms with van der Waals surface area (Å²) in [5, 5.41) is 4.00. The first-order chi connectivity index (χ1) is 12.7. The van der Waals surface area contributed by atoms with Gasteiger partial charge in [0, 0.05) is 23.0 Å². The maximum Gasteiger partial charge on any atom is 0.252 e. The number of nitrogens with one attached hydrogen (secondary N) is 2. The molecule has 0 bridgehead atoms. The Morgan fingerprint density at radius 2 is 1.77 bits per heavy atom. The SMILES string of the molecule is O=C(Cc1cc2ccccc2[nH]c1=O)NCC1(c2ccccc2)CCC1. The van der Waals surface area contributed by atoms with Crippen molar-refractivity contribution in [3.8, 4) is 0 Å². The van der Waals surface area contributed by atoms with Crippen molar-refractivity contribution < 1.29 is 4.79 Å². The van der Waals surface area contributed by atoms with Crippen LogP contribution in [0.4, 0.5) is 0 Å². The molecule has 4 heteroatoms. The van der Waals surface area contributed by atoms with E-state index in [9.17, 15) is 9.59 Å². The summed E-state index contributed by atoms with van der Waals surface area (Å²) in [4.78, 5) is 27.5. The summed E-state index contributed by atoms with van der Waals surface area (Å²) < 4.78 is 0. The first kappa shape index (κ1) is 16.6. The number of hydrogen-bond donors (Lipinski definition) is 2. The minimum Gasteiger partial charge on any atom is -0.355 e. The van der Waals surface area contributed by atoms with E-state index in [1.165, 1.54) is 12.0 Å². The quantitative estimate of drug-likeness (QED) is 0.744. The van der Waals surface area contributed by atoms with Gasteiger partial charge in [-0.3, -0.25) is 9.59 Å². The van der Waals surface area contributed by atoms with Gasteiger partial charge < -0.3 is 10.3 Å². The molecule has 0 atom stereocenters. The summed E-state index contributed by atoms with van der Waals surface area (Å²) in [5.41, 5.74) is 2.44. The van der Waals surface area contributed by atoms with Crippen LogP contribution in [0, 0.1) is 0 Å². The highest BCUT2D eigenvalue weighted by Gasteiger charge is 2.38. The van der Waals surface area contributed by atoms with Crippen molar-refractivity contribution in [2.45, 2.75) is 31.1 Å². The number of benzene rings is 2. The maximum absolute atomic E-state index is 12.5. The van der Waals surface area contributed by atoms with E-state index in [4.69, 9.17) is 0 Å². The molecule has 4 nitrogen and oxygen atoms in total. The summed E-state index contributed by atoms with van der Waals surface area (Å²) in [6.45, 7) is 0.626. The molecule has 1 aliphatic rings. The van der Waals surface area contributed by atoms with E-state index in [2.05, 4.69) is 22.4 Å². The number of amides is 1. The number of aromatic amines is 1. The van der Waals surface area contributed by atoms with Gasteiger partial charge in [-0.2, -0.15) is 0 Å². The van der Waals surface area contributed by atoms with Crippen molar-refractivity contribution >= 4 is 16.8 Å². The number of rotatable bonds is 5. The predicted molar refractivity (Wildman–Crippen MR) is 103 cm³/mol. The monoisotopic (exact) mass is 346 g/mol. The van der Waals surface area contributed by atoms with Crippen LogP contribution in [0.2, 0.25) is 0 Å². The van der Waals surface area contributed by atoms with E-state index in [-0.39, 0.29) is 23.3 Å². The van der Waals surface area contributed by atoms with Crippen molar-refractivity contribution in [2.75, 3.05) is 6.54 Å². The van der Waals surface area contributed by atoms with Crippen LogP contribution in [0.3, 0.4) is 0 Å². The molecular formula is C22H22N2O2. The molecule has 4 rings (SSSR count). The van der Waals surface area contributed by atoms with Gasteiger partial charge >= 0.3 is 0 Å². The lowest BCUT2D eigenvalue weighted by Gasteiger charge is -2.42. The topological polar surface area (TPSA) is 62.0 Å². The third-order valence-electron chi connectivity index (χ3n) is 5.50. The van der Waals surface area contributed by atoms with E-state index in [0.29, 0.717) is 12.1 Å². The van der Waals surface area contributed by atoms with Gasteiger partial charge in [-0.1, -0.05) is 55.0 Å². The normalized spacial score (nSPS) is 15.4. The van der Waals surface area contributed by atoms with E-state index >= 15 is 0 Å². The van der Waals surface area contributed by atoms with Crippen LogP contribution in [0.1, 0.15) is 30.4 Å². The van der Waals surface area contributed by atoms with Crippen molar-refractivity contribution in [3.05, 3.63) is 82.1 Å². The van der Waals surface area contributed by atoms with Gasteiger partial charge in [-0.25, -0.2) is 0 Å². The third-order valence-corrected chi connectivity index (χ3v) is 5.50. The molecule has 0 spiro atoms. The van der Waals surface area contributed by atoms with E-state index in [1.54, 1.807) is 0 Å². The average molecular weight is 346 g/mol. The second-order valence-electron chi connectivity index (χ2n) is 7.16. The lowest BCUT2D eigenvalue weighted by atomic mass is 9.64. The number of pyridine rings is 1. The first-order valence-corrected chi connectivity index (χ1v) is 9.09. The lowest BCUT2D eigenvalue weighted by Crippen LogP contribution is -2.46. The van der Waals surface area contributed by atoms with Crippen LogP contribution >= 0.6 is 0 Å². The molecule has 1 fully saturated rings. The molecule has 1 aromatic heterocycles. The van der Waals surface area contributed by atoms with Gasteiger partial charge in [0.2, 0.25) is 5.91 Å². The summed E-state index contributed by atoms with van der Waals surface area (Å²) in [5.74, 6) is -0.104. The Balaban J connectivity index is 1.46. The number of fused-ring (bicyclic) bond motifs is 1. The summed E-state index contributed by atoms with van der Waals surface area (Å²) in [6.07, 6.45) is 3.47. The highest BCUT2D eigenvalue weighted by Crippen LogP contribution is 2.43. The van der Waals surface area contributed by atoms with Crippen LogP contribution in [0.25, 0.3) is 10.9 Å². The molecule has 3 aromatic rings. The van der Waals surface area contributed by atoms with Gasteiger partial charge in [0.25, 0.3) is 5.56 Å². The molecule has 0 radical (unpaired) electrons. The Labute approximate surface area is 152 Å². The average Bonchev–Trinajstić information content (AvgIpc) is 2.62. The molecule has 0 aliphatic heterocycles. The fraction of sp³-hybridized carbons (Fsp3) is 0.273. The number of carbonyl (C=O) groups excluding carboxylic acids is 1. The van der Waals surface area contributed by atoms with Crippen molar-refractivity contribution in [1.29, 1.82) is 0 Å². The van der Waals surface area contributed by atoms with Crippen molar-refractivity contribution in [3.63, 3.8) is 0 Å². The molecular weight excluding hydrogens is 324 g/mol. The Hall–Kier alpha value is -2.88. The minimum atomic E-state index is -0.194. The Morgan fingerprint density at radius 3 is 2.50 bits per heavy atom. The fourth-order valence-corrected chi connectivity index (χ4v) is 3.79. The second-order valence-corrected chi connectivity index (χ2v) is 7.16. The molecule has 0 unspecified atom stereocenters. The van der Waals surface area contributed by atoms with Crippen LogP contribution in [0.15, 0.2) is 65.5 Å². The largest absolute Gasteiger partial charge is 0.355 e. The van der Waals surface area contributed by atoms with Crippen LogP contribution in [-0.4, -0.2) is 17.4 Å². The van der Waals surface area contributed by atoms with Gasteiger partial charge in [0.15, 0.2) is 0 Å². The second kappa shape index (κ2) is 6.79. The number of H-pyrrole nitrogens is 1. The predicted octanol–water partition coefficient (Wildman–Crippen LogP) is 3.31. The minimum absolute atomic E-state index is 0.0483. The van der Waals surface area contributed by atoms with Crippen LogP contribution in [0.5, 0.6) is 0 Å². The Bertz CT molecular complexity index is 988. The van der Waals surface area contributed by atoms with Gasteiger partial charge in [0.1, 0.15) is 0 Å². The molecule has 26 heavy (non-hydrogen) atoms. The zero-order valence-corrected chi connectivity index (χ0v) is 14.6. The molecule has 2 aromatic carbocycles. The molecule has 1 amide bonds. The molecule has 132 valence electrons. The van der Waals surface area contributed by atoms with Gasteiger partial charge in [0.05, 0.1) is 6.42 Å². The standard InChI is InChI=1S/C22H22N2O2/c25-20(14-17-13-16-7-4-5-10-19(16)24-21(17)26)23-15-22(11-6-12-22)18-8-2-1-3-9-18/h1-5,7-10,13H,6,11-12,14-15H2,(H,23,25)(H,24,26). The third kappa shape index (κ3) is 3.15. The lowest BCUT2D eigenvalue weighted by molar-refractivity contribution is -0.120.